The van der Waals surface area contributed by atoms with Gasteiger partial charge < -0.3 is 0 Å². The van der Waals surface area contributed by atoms with Gasteiger partial charge in [-0.15, -0.1) is 0 Å². The number of halogens is 1. The number of carbonyl (C=O) groups is 1. The zero-order chi connectivity index (χ0) is 8.27. The largest absolute Gasteiger partial charge is 0.281 e. The Bertz CT molecular complexity index is 197. The van der Waals surface area contributed by atoms with Crippen molar-refractivity contribution < 1.29 is 4.79 Å². The van der Waals surface area contributed by atoms with E-state index in [0.29, 0.717) is 6.42 Å². The predicted octanol–water partition coefficient (Wildman–Crippen LogP) is 2.08. The highest BCUT2D eigenvalue weighted by Gasteiger charge is 2.25. The Labute approximate surface area is 71.1 Å². The molecule has 0 radical (unpaired) electrons. The molecule has 0 bridgehead atoms. The number of hydrogen-bond acceptors (Lipinski definition) is 2. The number of carbonyl (C=O) groups excluding carboxylic acids is 1. The van der Waals surface area contributed by atoms with Gasteiger partial charge in [0.15, 0.2) is 0 Å². The molecule has 0 saturated heterocycles. The standard InChI is InChI=1S/C8H10ClNO/c9-8(11)7-3-1-2-6(4-7)5-10/h6-7H,1-4H2. The van der Waals surface area contributed by atoms with E-state index in [1.54, 1.807) is 0 Å². The third-order valence-corrected chi connectivity index (χ3v) is 2.49. The third-order valence-electron chi connectivity index (χ3n) is 2.18. The summed E-state index contributed by atoms with van der Waals surface area (Å²) in [6.45, 7) is 0. The first-order valence-corrected chi connectivity index (χ1v) is 4.21. The highest BCUT2D eigenvalue weighted by atomic mass is 35.5. The second-order valence-corrected chi connectivity index (χ2v) is 3.37. The number of hydrogen-bond donors (Lipinski definition) is 0. The monoisotopic (exact) mass is 171 g/mol. The minimum absolute atomic E-state index is 0.0523. The molecule has 0 N–H and O–H groups in total. The van der Waals surface area contributed by atoms with Crippen LogP contribution < -0.4 is 0 Å². The van der Waals surface area contributed by atoms with Gasteiger partial charge in [-0.3, -0.25) is 4.79 Å². The molecule has 2 unspecified atom stereocenters. The predicted molar refractivity (Wildman–Crippen MR) is 41.9 cm³/mol. The van der Waals surface area contributed by atoms with Crippen molar-refractivity contribution in [1.82, 2.24) is 0 Å². The van der Waals surface area contributed by atoms with E-state index in [-0.39, 0.29) is 17.1 Å². The fourth-order valence-corrected chi connectivity index (χ4v) is 1.71. The maximum atomic E-state index is 10.7. The molecule has 0 aromatic carbocycles. The SMILES string of the molecule is N#CC1CCCC(C(=O)Cl)C1. The first-order chi connectivity index (χ1) is 5.24. The topological polar surface area (TPSA) is 40.9 Å². The summed E-state index contributed by atoms with van der Waals surface area (Å²) in [6.07, 6.45) is 3.41. The van der Waals surface area contributed by atoms with E-state index in [1.807, 2.05) is 0 Å². The highest BCUT2D eigenvalue weighted by molar-refractivity contribution is 6.63. The van der Waals surface area contributed by atoms with Crippen LogP contribution in [0.2, 0.25) is 0 Å². The molecule has 1 fully saturated rings. The van der Waals surface area contributed by atoms with Gasteiger partial charge in [-0.25, -0.2) is 0 Å². The minimum atomic E-state index is -0.273. The fourth-order valence-electron chi connectivity index (χ4n) is 1.51. The zero-order valence-corrected chi connectivity index (χ0v) is 6.97. The molecule has 0 spiro atoms. The summed E-state index contributed by atoms with van der Waals surface area (Å²) < 4.78 is 0. The second kappa shape index (κ2) is 3.73. The Balaban J connectivity index is 2.47. The summed E-state index contributed by atoms with van der Waals surface area (Å²) in [4.78, 5) is 10.7. The maximum Gasteiger partial charge on any atom is 0.224 e. The van der Waals surface area contributed by atoms with Crippen molar-refractivity contribution in [2.75, 3.05) is 0 Å². The second-order valence-electron chi connectivity index (χ2n) is 2.99. The summed E-state index contributed by atoms with van der Waals surface area (Å²) in [5.74, 6) is -0.00785. The van der Waals surface area contributed by atoms with Crippen LogP contribution in [-0.2, 0) is 4.79 Å². The molecule has 2 atom stereocenters. The molecule has 0 amide bonds. The van der Waals surface area contributed by atoms with Crippen LogP contribution in [0.1, 0.15) is 25.7 Å². The van der Waals surface area contributed by atoms with Crippen molar-refractivity contribution in [3.05, 3.63) is 0 Å². The van der Waals surface area contributed by atoms with Gasteiger partial charge in [0.1, 0.15) is 0 Å². The van der Waals surface area contributed by atoms with Gasteiger partial charge in [-0.2, -0.15) is 5.26 Å². The van der Waals surface area contributed by atoms with Crippen LogP contribution in [-0.4, -0.2) is 5.24 Å². The number of nitriles is 1. The lowest BCUT2D eigenvalue weighted by Gasteiger charge is -2.21. The first-order valence-electron chi connectivity index (χ1n) is 3.83. The molecule has 11 heavy (non-hydrogen) atoms. The average molecular weight is 172 g/mol. The normalized spacial score (nSPS) is 30.9. The Morgan fingerprint density at radius 3 is 2.82 bits per heavy atom. The highest BCUT2D eigenvalue weighted by Crippen LogP contribution is 2.29. The van der Waals surface area contributed by atoms with Crippen molar-refractivity contribution >= 4 is 16.8 Å². The lowest BCUT2D eigenvalue weighted by Crippen LogP contribution is -2.18. The Morgan fingerprint density at radius 2 is 2.27 bits per heavy atom. The zero-order valence-electron chi connectivity index (χ0n) is 6.22. The molecule has 1 aliphatic rings. The van der Waals surface area contributed by atoms with Crippen LogP contribution in [0, 0.1) is 23.2 Å². The van der Waals surface area contributed by atoms with Crippen LogP contribution in [0.25, 0.3) is 0 Å². The van der Waals surface area contributed by atoms with Gasteiger partial charge in [-0.05, 0) is 30.9 Å². The van der Waals surface area contributed by atoms with Crippen molar-refractivity contribution in [1.29, 1.82) is 5.26 Å². The van der Waals surface area contributed by atoms with E-state index in [9.17, 15) is 4.79 Å². The molecule has 1 saturated carbocycles. The van der Waals surface area contributed by atoms with Crippen LogP contribution in [0.5, 0.6) is 0 Å². The lowest BCUT2D eigenvalue weighted by atomic mass is 9.83. The summed E-state index contributed by atoms with van der Waals surface area (Å²) in [5.41, 5.74) is 0. The molecule has 3 heteroatoms. The van der Waals surface area contributed by atoms with Gasteiger partial charge in [0.2, 0.25) is 5.24 Å². The van der Waals surface area contributed by atoms with Gasteiger partial charge >= 0.3 is 0 Å². The van der Waals surface area contributed by atoms with E-state index >= 15 is 0 Å². The Kier molecular flexibility index (Phi) is 2.90. The van der Waals surface area contributed by atoms with E-state index in [0.717, 1.165) is 19.3 Å². The summed E-state index contributed by atoms with van der Waals surface area (Å²) in [7, 11) is 0. The van der Waals surface area contributed by atoms with Crippen molar-refractivity contribution in [2.45, 2.75) is 25.7 Å². The average Bonchev–Trinajstić information content (AvgIpc) is 2.05. The van der Waals surface area contributed by atoms with Gasteiger partial charge in [0.25, 0.3) is 0 Å². The van der Waals surface area contributed by atoms with Gasteiger partial charge in [-0.1, -0.05) is 6.42 Å². The maximum absolute atomic E-state index is 10.7. The van der Waals surface area contributed by atoms with E-state index in [1.165, 1.54) is 0 Å². The van der Waals surface area contributed by atoms with Gasteiger partial charge in [0, 0.05) is 11.8 Å². The summed E-state index contributed by atoms with van der Waals surface area (Å²) >= 11 is 5.33. The van der Waals surface area contributed by atoms with Crippen molar-refractivity contribution in [3.8, 4) is 6.07 Å². The molecule has 2 nitrogen and oxygen atoms in total. The molecular weight excluding hydrogens is 162 g/mol. The molecule has 0 heterocycles. The van der Waals surface area contributed by atoms with Crippen LogP contribution in [0.15, 0.2) is 0 Å². The molecule has 1 aliphatic carbocycles. The minimum Gasteiger partial charge on any atom is -0.281 e. The van der Waals surface area contributed by atoms with Crippen LogP contribution >= 0.6 is 11.6 Å². The quantitative estimate of drug-likeness (QED) is 0.567. The molecule has 0 aliphatic heterocycles. The number of nitrogens with zero attached hydrogens (tertiary/aromatic N) is 1. The molecule has 0 aromatic heterocycles. The van der Waals surface area contributed by atoms with Crippen LogP contribution in [0.3, 0.4) is 0 Å². The first kappa shape index (κ1) is 8.55. The summed E-state index contributed by atoms with van der Waals surface area (Å²) in [5, 5.41) is 8.31. The van der Waals surface area contributed by atoms with Crippen LogP contribution in [0.4, 0.5) is 0 Å². The van der Waals surface area contributed by atoms with Crippen molar-refractivity contribution in [3.63, 3.8) is 0 Å². The summed E-state index contributed by atoms with van der Waals surface area (Å²) in [6, 6.07) is 2.18. The van der Waals surface area contributed by atoms with Crippen molar-refractivity contribution in [2.24, 2.45) is 11.8 Å². The fraction of sp³-hybridized carbons (Fsp3) is 0.750. The van der Waals surface area contributed by atoms with E-state index in [4.69, 9.17) is 16.9 Å². The molecular formula is C8H10ClNO. The smallest absolute Gasteiger partial charge is 0.224 e. The van der Waals surface area contributed by atoms with E-state index < -0.39 is 0 Å². The van der Waals surface area contributed by atoms with E-state index in [2.05, 4.69) is 6.07 Å². The number of rotatable bonds is 1. The van der Waals surface area contributed by atoms with Gasteiger partial charge in [0.05, 0.1) is 6.07 Å². The lowest BCUT2D eigenvalue weighted by molar-refractivity contribution is -0.116. The third kappa shape index (κ3) is 2.20. The Hall–Kier alpha value is -0.550. The molecule has 0 aromatic rings. The molecule has 1 rings (SSSR count). The molecule has 60 valence electrons. The Morgan fingerprint density at radius 1 is 1.55 bits per heavy atom.